The summed E-state index contributed by atoms with van der Waals surface area (Å²) in [5.41, 5.74) is 4.77. The lowest BCUT2D eigenvalue weighted by Crippen LogP contribution is -2.29. The summed E-state index contributed by atoms with van der Waals surface area (Å²) < 4.78 is 0. The maximum absolute atomic E-state index is 4.97. The lowest BCUT2D eigenvalue weighted by molar-refractivity contribution is 0.974. The first-order valence-corrected chi connectivity index (χ1v) is 6.12. The van der Waals surface area contributed by atoms with Gasteiger partial charge in [0, 0.05) is 7.05 Å². The number of hydrazone groups is 1. The minimum absolute atomic E-state index is 0.509. The number of hydrogen-bond acceptors (Lipinski definition) is 2. The lowest BCUT2D eigenvalue weighted by atomic mass is 10.0. The molecular weight excluding hydrogens is 242 g/mol. The highest BCUT2D eigenvalue weighted by Gasteiger charge is 1.99. The van der Waals surface area contributed by atoms with Crippen molar-refractivity contribution in [1.82, 2.24) is 10.7 Å². The lowest BCUT2D eigenvalue weighted by Gasteiger charge is -2.05. The molecule has 0 saturated heterocycles. The van der Waals surface area contributed by atoms with Gasteiger partial charge in [-0.1, -0.05) is 36.4 Å². The van der Waals surface area contributed by atoms with Crippen LogP contribution in [0.25, 0.3) is 10.8 Å². The van der Waals surface area contributed by atoms with Crippen molar-refractivity contribution in [1.29, 1.82) is 0 Å². The Morgan fingerprint density at radius 3 is 2.56 bits per heavy atom. The van der Waals surface area contributed by atoms with Crippen molar-refractivity contribution < 1.29 is 0 Å². The molecule has 0 aromatic heterocycles. The predicted molar refractivity (Wildman–Crippen MR) is 81.0 cm³/mol. The Kier molecular flexibility index (Phi) is 3.89. The quantitative estimate of drug-likeness (QED) is 0.493. The van der Waals surface area contributed by atoms with Crippen molar-refractivity contribution >= 4 is 33.8 Å². The molecule has 2 aromatic carbocycles. The molecule has 18 heavy (non-hydrogen) atoms. The summed E-state index contributed by atoms with van der Waals surface area (Å²) in [5, 5.41) is 10.00. The maximum atomic E-state index is 4.97. The van der Waals surface area contributed by atoms with Crippen molar-refractivity contribution in [2.24, 2.45) is 5.10 Å². The van der Waals surface area contributed by atoms with E-state index in [1.54, 1.807) is 7.05 Å². The van der Waals surface area contributed by atoms with Crippen molar-refractivity contribution in [3.8, 4) is 0 Å². The van der Waals surface area contributed by atoms with E-state index in [1.165, 1.54) is 10.8 Å². The summed E-state index contributed by atoms with van der Waals surface area (Å²) in [6.45, 7) is 1.95. The second kappa shape index (κ2) is 5.60. The number of nitrogens with zero attached hydrogens (tertiary/aromatic N) is 1. The standard InChI is InChI=1S/C14H15N3S/c1-10(16-17-14(18)15-2)12-8-7-11-5-3-4-6-13(11)9-12/h3-9H,1-2H3,(H2,15,17,18). The molecule has 0 fully saturated rings. The summed E-state index contributed by atoms with van der Waals surface area (Å²) in [4.78, 5) is 0. The van der Waals surface area contributed by atoms with Crippen molar-refractivity contribution in [2.75, 3.05) is 7.05 Å². The van der Waals surface area contributed by atoms with E-state index in [9.17, 15) is 0 Å². The van der Waals surface area contributed by atoms with Crippen LogP contribution in [0.2, 0.25) is 0 Å². The molecule has 0 saturated carbocycles. The van der Waals surface area contributed by atoms with Gasteiger partial charge >= 0.3 is 0 Å². The zero-order valence-corrected chi connectivity index (χ0v) is 11.2. The fraction of sp³-hybridized carbons (Fsp3) is 0.143. The smallest absolute Gasteiger partial charge is 0.186 e. The summed E-state index contributed by atoms with van der Waals surface area (Å²) in [6.07, 6.45) is 0. The monoisotopic (exact) mass is 257 g/mol. The largest absolute Gasteiger partial charge is 0.364 e. The van der Waals surface area contributed by atoms with E-state index in [4.69, 9.17) is 12.2 Å². The third kappa shape index (κ3) is 2.84. The molecule has 0 unspecified atom stereocenters. The van der Waals surface area contributed by atoms with Crippen LogP contribution in [0.4, 0.5) is 0 Å². The summed E-state index contributed by atoms with van der Waals surface area (Å²) in [6, 6.07) is 14.5. The molecule has 0 aliphatic carbocycles. The maximum Gasteiger partial charge on any atom is 0.186 e. The van der Waals surface area contributed by atoms with Crippen LogP contribution in [0.5, 0.6) is 0 Å². The molecule has 0 atom stereocenters. The molecule has 2 rings (SSSR count). The summed E-state index contributed by atoms with van der Waals surface area (Å²) in [5.74, 6) is 0. The fourth-order valence-corrected chi connectivity index (χ4v) is 1.72. The van der Waals surface area contributed by atoms with Gasteiger partial charge in [-0.25, -0.2) is 0 Å². The molecule has 0 bridgehead atoms. The Hall–Kier alpha value is -1.94. The number of hydrogen-bond donors (Lipinski definition) is 2. The highest BCUT2D eigenvalue weighted by molar-refractivity contribution is 7.80. The van der Waals surface area contributed by atoms with Crippen LogP contribution in [0, 0.1) is 0 Å². The van der Waals surface area contributed by atoms with Gasteiger partial charge in [-0.3, -0.25) is 5.43 Å². The van der Waals surface area contributed by atoms with Gasteiger partial charge in [0.25, 0.3) is 0 Å². The Balaban J connectivity index is 2.27. The van der Waals surface area contributed by atoms with Crippen LogP contribution in [-0.4, -0.2) is 17.9 Å². The highest BCUT2D eigenvalue weighted by atomic mass is 32.1. The number of rotatable bonds is 2. The molecule has 4 heteroatoms. The third-order valence-electron chi connectivity index (χ3n) is 2.72. The van der Waals surface area contributed by atoms with Gasteiger partial charge in [0.2, 0.25) is 0 Å². The molecule has 0 aliphatic rings. The van der Waals surface area contributed by atoms with Crippen LogP contribution in [-0.2, 0) is 0 Å². The molecule has 2 N–H and O–H groups in total. The summed E-state index contributed by atoms with van der Waals surface area (Å²) in [7, 11) is 1.76. The Bertz CT molecular complexity index is 605. The molecule has 0 aliphatic heterocycles. The van der Waals surface area contributed by atoms with Crippen LogP contribution < -0.4 is 10.7 Å². The molecule has 0 spiro atoms. The average molecular weight is 257 g/mol. The van der Waals surface area contributed by atoms with Crippen LogP contribution in [0.3, 0.4) is 0 Å². The second-order valence-corrected chi connectivity index (χ2v) is 4.36. The van der Waals surface area contributed by atoms with E-state index in [0.29, 0.717) is 5.11 Å². The van der Waals surface area contributed by atoms with Crippen LogP contribution in [0.15, 0.2) is 47.6 Å². The van der Waals surface area contributed by atoms with E-state index in [1.807, 2.05) is 19.1 Å². The van der Waals surface area contributed by atoms with Crippen LogP contribution in [0.1, 0.15) is 12.5 Å². The number of thiocarbonyl (C=S) groups is 1. The normalized spacial score (nSPS) is 11.3. The molecule has 3 nitrogen and oxygen atoms in total. The molecule has 0 heterocycles. The topological polar surface area (TPSA) is 36.4 Å². The van der Waals surface area contributed by atoms with E-state index >= 15 is 0 Å². The minimum atomic E-state index is 0.509. The van der Waals surface area contributed by atoms with Crippen LogP contribution >= 0.6 is 12.2 Å². The minimum Gasteiger partial charge on any atom is -0.364 e. The number of fused-ring (bicyclic) bond motifs is 1. The third-order valence-corrected chi connectivity index (χ3v) is 3.01. The first-order valence-electron chi connectivity index (χ1n) is 5.72. The van der Waals surface area contributed by atoms with E-state index in [0.717, 1.165) is 11.3 Å². The molecular formula is C14H15N3S. The van der Waals surface area contributed by atoms with Gasteiger partial charge in [-0.15, -0.1) is 0 Å². The van der Waals surface area contributed by atoms with Gasteiger partial charge < -0.3 is 5.32 Å². The number of benzene rings is 2. The predicted octanol–water partition coefficient (Wildman–Crippen LogP) is 2.66. The SMILES string of the molecule is CNC(=S)NN=C(C)c1ccc2ccccc2c1. The molecule has 2 aromatic rings. The van der Waals surface area contributed by atoms with Gasteiger partial charge in [0.05, 0.1) is 5.71 Å². The van der Waals surface area contributed by atoms with Gasteiger partial charge in [-0.2, -0.15) is 5.10 Å². The molecule has 0 radical (unpaired) electrons. The Morgan fingerprint density at radius 2 is 1.83 bits per heavy atom. The van der Waals surface area contributed by atoms with Crippen molar-refractivity contribution in [3.63, 3.8) is 0 Å². The first-order chi connectivity index (χ1) is 8.70. The van der Waals surface area contributed by atoms with Crippen molar-refractivity contribution in [3.05, 3.63) is 48.0 Å². The van der Waals surface area contributed by atoms with Crippen molar-refractivity contribution in [2.45, 2.75) is 6.92 Å². The second-order valence-electron chi connectivity index (χ2n) is 3.95. The summed E-state index contributed by atoms with van der Waals surface area (Å²) >= 11 is 4.97. The Morgan fingerprint density at radius 1 is 1.11 bits per heavy atom. The van der Waals surface area contributed by atoms with E-state index in [-0.39, 0.29) is 0 Å². The zero-order chi connectivity index (χ0) is 13.0. The van der Waals surface area contributed by atoms with E-state index in [2.05, 4.69) is 46.2 Å². The highest BCUT2D eigenvalue weighted by Crippen LogP contribution is 2.15. The van der Waals surface area contributed by atoms with Gasteiger partial charge in [-0.05, 0) is 41.5 Å². The van der Waals surface area contributed by atoms with E-state index < -0.39 is 0 Å². The molecule has 0 amide bonds. The number of nitrogens with one attached hydrogen (secondary N) is 2. The van der Waals surface area contributed by atoms with Gasteiger partial charge in [0.1, 0.15) is 0 Å². The zero-order valence-electron chi connectivity index (χ0n) is 10.4. The average Bonchev–Trinajstić information content (AvgIpc) is 2.43. The molecule has 92 valence electrons. The fourth-order valence-electron chi connectivity index (χ4n) is 1.67. The Labute approximate surface area is 112 Å². The first kappa shape index (κ1) is 12.5. The van der Waals surface area contributed by atoms with Gasteiger partial charge in [0.15, 0.2) is 5.11 Å².